The molecule has 0 aromatic heterocycles. The Morgan fingerprint density at radius 2 is 2.00 bits per heavy atom. The van der Waals surface area contributed by atoms with E-state index in [1.807, 2.05) is 0 Å². The maximum atomic E-state index is 10.4. The van der Waals surface area contributed by atoms with Crippen LogP contribution in [0.25, 0.3) is 0 Å². The molecule has 0 aliphatic rings. The fraction of sp³-hybridized carbons (Fsp3) is 0.125. The van der Waals surface area contributed by atoms with E-state index in [0.29, 0.717) is 5.69 Å². The van der Waals surface area contributed by atoms with E-state index in [-0.39, 0.29) is 6.54 Å². The number of carbonyl (C=O) groups excluding carboxylic acids is 1. The molecular formula is C8H9N3O2. The zero-order valence-corrected chi connectivity index (χ0v) is 6.86. The molecule has 0 aliphatic heterocycles. The van der Waals surface area contributed by atoms with E-state index < -0.39 is 6.03 Å². The van der Waals surface area contributed by atoms with Gasteiger partial charge in [-0.15, -0.1) is 0 Å². The number of nitrogens with one attached hydrogen (secondary N) is 1. The number of urea groups is 1. The average molecular weight is 179 g/mol. The summed E-state index contributed by atoms with van der Waals surface area (Å²) in [4.78, 5) is 20.3. The van der Waals surface area contributed by atoms with E-state index in [1.165, 1.54) is 0 Å². The van der Waals surface area contributed by atoms with Gasteiger partial charge < -0.3 is 11.1 Å². The summed E-state index contributed by atoms with van der Waals surface area (Å²) in [5.74, 6) is 0. The van der Waals surface area contributed by atoms with Crippen LogP contribution < -0.4 is 11.1 Å². The molecule has 0 aliphatic carbocycles. The van der Waals surface area contributed by atoms with Crippen LogP contribution in [-0.2, 0) is 6.54 Å². The second-order valence-electron chi connectivity index (χ2n) is 2.47. The minimum atomic E-state index is -0.610. The van der Waals surface area contributed by atoms with Gasteiger partial charge in [-0.05, 0) is 17.7 Å². The zero-order valence-electron chi connectivity index (χ0n) is 6.86. The van der Waals surface area contributed by atoms with Crippen molar-refractivity contribution in [3.8, 4) is 0 Å². The normalized spacial score (nSPS) is 9.23. The van der Waals surface area contributed by atoms with Crippen LogP contribution in [0.4, 0.5) is 10.5 Å². The standard InChI is InChI=1S/C8H9N3O2/c9-8(12)11-7-3-1-6(2-4-7)5-10-13/h1-4H,5H2,(H3,9,11,12). The van der Waals surface area contributed by atoms with Gasteiger partial charge in [-0.3, -0.25) is 0 Å². The molecule has 3 N–H and O–H groups in total. The van der Waals surface area contributed by atoms with Crippen molar-refractivity contribution >= 4 is 11.7 Å². The van der Waals surface area contributed by atoms with Crippen LogP contribution in [0.15, 0.2) is 29.4 Å². The van der Waals surface area contributed by atoms with Crippen molar-refractivity contribution in [2.75, 3.05) is 5.32 Å². The van der Waals surface area contributed by atoms with Crippen LogP contribution in [0.5, 0.6) is 0 Å². The highest BCUT2D eigenvalue weighted by Gasteiger charge is 1.96. The lowest BCUT2D eigenvalue weighted by atomic mass is 10.2. The van der Waals surface area contributed by atoms with Crippen molar-refractivity contribution in [2.24, 2.45) is 10.9 Å². The Kier molecular flexibility index (Phi) is 2.97. The number of amides is 2. The topological polar surface area (TPSA) is 84.6 Å². The molecule has 2 amide bonds. The number of nitroso groups, excluding NO2 is 1. The summed E-state index contributed by atoms with van der Waals surface area (Å²) < 4.78 is 0. The summed E-state index contributed by atoms with van der Waals surface area (Å²) in [7, 11) is 0. The summed E-state index contributed by atoms with van der Waals surface area (Å²) in [6.07, 6.45) is 0. The lowest BCUT2D eigenvalue weighted by Crippen LogP contribution is -2.19. The molecule has 0 fully saturated rings. The molecule has 68 valence electrons. The predicted octanol–water partition coefficient (Wildman–Crippen LogP) is 1.44. The molecule has 13 heavy (non-hydrogen) atoms. The Morgan fingerprint density at radius 1 is 1.38 bits per heavy atom. The number of primary amides is 1. The van der Waals surface area contributed by atoms with Crippen molar-refractivity contribution in [2.45, 2.75) is 6.54 Å². The first kappa shape index (κ1) is 9.18. The number of benzene rings is 1. The maximum Gasteiger partial charge on any atom is 0.316 e. The minimum Gasteiger partial charge on any atom is -0.351 e. The molecule has 1 rings (SSSR count). The Morgan fingerprint density at radius 3 is 2.46 bits per heavy atom. The highest BCUT2D eigenvalue weighted by molar-refractivity contribution is 5.87. The minimum absolute atomic E-state index is 0.136. The highest BCUT2D eigenvalue weighted by atomic mass is 16.3. The lowest BCUT2D eigenvalue weighted by Gasteiger charge is -2.01. The summed E-state index contributed by atoms with van der Waals surface area (Å²) in [6.45, 7) is 0.136. The molecule has 0 saturated heterocycles. The summed E-state index contributed by atoms with van der Waals surface area (Å²) in [5.41, 5.74) is 6.30. The average Bonchev–Trinajstić information content (AvgIpc) is 2.08. The molecule has 0 radical (unpaired) electrons. The summed E-state index contributed by atoms with van der Waals surface area (Å²) in [6, 6.07) is 6.11. The van der Waals surface area contributed by atoms with Gasteiger partial charge in [0.25, 0.3) is 0 Å². The van der Waals surface area contributed by atoms with Crippen molar-refractivity contribution in [3.63, 3.8) is 0 Å². The van der Waals surface area contributed by atoms with Crippen LogP contribution in [0, 0.1) is 4.91 Å². The van der Waals surface area contributed by atoms with Gasteiger partial charge in [-0.2, -0.15) is 4.91 Å². The molecule has 1 aromatic rings. The Hall–Kier alpha value is -1.91. The van der Waals surface area contributed by atoms with E-state index in [4.69, 9.17) is 5.73 Å². The molecule has 0 bridgehead atoms. The molecule has 5 heteroatoms. The first-order valence-electron chi connectivity index (χ1n) is 3.67. The Bertz CT molecular complexity index is 308. The monoisotopic (exact) mass is 179 g/mol. The molecule has 1 aromatic carbocycles. The third-order valence-electron chi connectivity index (χ3n) is 1.47. The van der Waals surface area contributed by atoms with Gasteiger partial charge >= 0.3 is 6.03 Å². The van der Waals surface area contributed by atoms with Gasteiger partial charge in [0.1, 0.15) is 6.54 Å². The van der Waals surface area contributed by atoms with E-state index in [0.717, 1.165) is 5.56 Å². The number of hydrogen-bond donors (Lipinski definition) is 2. The second-order valence-corrected chi connectivity index (χ2v) is 2.47. The second kappa shape index (κ2) is 4.20. The zero-order chi connectivity index (χ0) is 9.68. The number of nitrogens with zero attached hydrogens (tertiary/aromatic N) is 1. The molecule has 5 nitrogen and oxygen atoms in total. The third kappa shape index (κ3) is 2.90. The number of rotatable bonds is 3. The van der Waals surface area contributed by atoms with E-state index >= 15 is 0 Å². The molecule has 0 spiro atoms. The smallest absolute Gasteiger partial charge is 0.316 e. The first-order valence-corrected chi connectivity index (χ1v) is 3.67. The third-order valence-corrected chi connectivity index (χ3v) is 1.47. The van der Waals surface area contributed by atoms with Crippen LogP contribution in [0.3, 0.4) is 0 Å². The van der Waals surface area contributed by atoms with Crippen LogP contribution in [-0.4, -0.2) is 6.03 Å². The van der Waals surface area contributed by atoms with E-state index in [1.54, 1.807) is 24.3 Å². The lowest BCUT2D eigenvalue weighted by molar-refractivity contribution is 0.259. The summed E-state index contributed by atoms with van der Waals surface area (Å²) >= 11 is 0. The Labute approximate surface area is 74.9 Å². The van der Waals surface area contributed by atoms with Gasteiger partial charge in [0, 0.05) is 5.69 Å². The molecule has 0 saturated carbocycles. The number of nitrogens with two attached hydrogens (primary N) is 1. The predicted molar refractivity (Wildman–Crippen MR) is 49.1 cm³/mol. The molecular weight excluding hydrogens is 170 g/mol. The quantitative estimate of drug-likeness (QED) is 0.688. The molecule has 0 atom stereocenters. The van der Waals surface area contributed by atoms with Gasteiger partial charge in [0.15, 0.2) is 0 Å². The fourth-order valence-corrected chi connectivity index (χ4v) is 0.910. The number of hydrogen-bond acceptors (Lipinski definition) is 3. The maximum absolute atomic E-state index is 10.4. The van der Waals surface area contributed by atoms with Crippen molar-refractivity contribution < 1.29 is 4.79 Å². The number of carbonyl (C=O) groups is 1. The fourth-order valence-electron chi connectivity index (χ4n) is 0.910. The first-order chi connectivity index (χ1) is 6.22. The van der Waals surface area contributed by atoms with E-state index in [2.05, 4.69) is 10.5 Å². The van der Waals surface area contributed by atoms with Crippen LogP contribution in [0.1, 0.15) is 5.56 Å². The Balaban J connectivity index is 2.69. The SMILES string of the molecule is NC(=O)Nc1ccc(CN=O)cc1. The van der Waals surface area contributed by atoms with Gasteiger partial charge in [0.05, 0.1) is 0 Å². The van der Waals surface area contributed by atoms with E-state index in [9.17, 15) is 9.70 Å². The summed E-state index contributed by atoms with van der Waals surface area (Å²) in [5, 5.41) is 5.14. The van der Waals surface area contributed by atoms with Gasteiger partial charge in [-0.1, -0.05) is 17.3 Å². The highest BCUT2D eigenvalue weighted by Crippen LogP contribution is 2.09. The van der Waals surface area contributed by atoms with Crippen LogP contribution >= 0.6 is 0 Å². The largest absolute Gasteiger partial charge is 0.351 e. The van der Waals surface area contributed by atoms with Crippen LogP contribution in [0.2, 0.25) is 0 Å². The van der Waals surface area contributed by atoms with Crippen molar-refractivity contribution in [1.82, 2.24) is 0 Å². The number of anilines is 1. The molecule has 0 heterocycles. The molecule has 0 unspecified atom stereocenters. The van der Waals surface area contributed by atoms with Crippen molar-refractivity contribution in [1.29, 1.82) is 0 Å². The van der Waals surface area contributed by atoms with Crippen molar-refractivity contribution in [3.05, 3.63) is 34.7 Å². The van der Waals surface area contributed by atoms with Gasteiger partial charge in [-0.25, -0.2) is 4.79 Å². The van der Waals surface area contributed by atoms with Gasteiger partial charge in [0.2, 0.25) is 0 Å².